The predicted octanol–water partition coefficient (Wildman–Crippen LogP) is 2.97. The van der Waals surface area contributed by atoms with Gasteiger partial charge in [-0.25, -0.2) is 0 Å². The number of benzene rings is 1. The van der Waals surface area contributed by atoms with E-state index in [4.69, 9.17) is 0 Å². The first kappa shape index (κ1) is 19.4. The summed E-state index contributed by atoms with van der Waals surface area (Å²) in [6.45, 7) is 11.9. The van der Waals surface area contributed by atoms with Gasteiger partial charge in [0.25, 0.3) is 0 Å². The third kappa shape index (κ3) is 5.31. The van der Waals surface area contributed by atoms with E-state index in [1.807, 2.05) is 0 Å². The number of rotatable bonds is 6. The summed E-state index contributed by atoms with van der Waals surface area (Å²) in [5.41, 5.74) is 2.97. The molecule has 0 saturated carbocycles. The minimum absolute atomic E-state index is 0.0571. The van der Waals surface area contributed by atoms with Gasteiger partial charge in [-0.1, -0.05) is 45.0 Å². The van der Waals surface area contributed by atoms with Gasteiger partial charge in [0.2, 0.25) is 5.91 Å². The average Bonchev–Trinajstić information content (AvgIpc) is 3.12. The van der Waals surface area contributed by atoms with Crippen molar-refractivity contribution in [1.82, 2.24) is 15.5 Å². The van der Waals surface area contributed by atoms with E-state index in [1.54, 1.807) is 0 Å². The van der Waals surface area contributed by atoms with Crippen LogP contribution in [-0.2, 0) is 17.8 Å². The Morgan fingerprint density at radius 1 is 1.31 bits per heavy atom. The Morgan fingerprint density at radius 2 is 2.08 bits per heavy atom. The number of carbonyl (C=O) groups is 1. The summed E-state index contributed by atoms with van der Waals surface area (Å²) in [5, 5.41) is 6.74. The van der Waals surface area contributed by atoms with E-state index in [1.165, 1.54) is 17.5 Å². The lowest BCUT2D eigenvalue weighted by atomic mass is 9.85. The fourth-order valence-corrected chi connectivity index (χ4v) is 4.07. The third-order valence-corrected chi connectivity index (χ3v) is 5.97. The van der Waals surface area contributed by atoms with Crippen molar-refractivity contribution in [2.75, 3.05) is 26.2 Å². The van der Waals surface area contributed by atoms with Gasteiger partial charge >= 0.3 is 0 Å². The molecule has 2 atom stereocenters. The van der Waals surface area contributed by atoms with Gasteiger partial charge in [0.1, 0.15) is 0 Å². The number of fused-ring (bicyclic) bond motifs is 1. The fraction of sp³-hybridized carbons (Fsp3) is 0.682. The topological polar surface area (TPSA) is 44.4 Å². The molecule has 1 aromatic carbocycles. The highest BCUT2D eigenvalue weighted by atomic mass is 16.1. The van der Waals surface area contributed by atoms with Gasteiger partial charge in [0.15, 0.2) is 0 Å². The Morgan fingerprint density at radius 3 is 2.77 bits per heavy atom. The summed E-state index contributed by atoms with van der Waals surface area (Å²) in [5.74, 6) is 0.890. The third-order valence-electron chi connectivity index (χ3n) is 5.97. The van der Waals surface area contributed by atoms with Gasteiger partial charge < -0.3 is 10.6 Å². The summed E-state index contributed by atoms with van der Waals surface area (Å²) in [6, 6.07) is 8.92. The molecule has 1 fully saturated rings. The Kier molecular flexibility index (Phi) is 6.36. The number of carbonyl (C=O) groups excluding carboxylic acids is 1. The second-order valence-electron chi connectivity index (χ2n) is 9.14. The summed E-state index contributed by atoms with van der Waals surface area (Å²) in [7, 11) is 0. The molecule has 1 aromatic rings. The van der Waals surface area contributed by atoms with Crippen LogP contribution in [0.15, 0.2) is 24.3 Å². The summed E-state index contributed by atoms with van der Waals surface area (Å²) in [6.07, 6.45) is 3.98. The molecule has 0 bridgehead atoms. The highest BCUT2D eigenvalue weighted by Crippen LogP contribution is 2.24. The lowest BCUT2D eigenvalue weighted by molar-refractivity contribution is -0.123. The van der Waals surface area contributed by atoms with Gasteiger partial charge in [-0.3, -0.25) is 9.69 Å². The van der Waals surface area contributed by atoms with E-state index in [-0.39, 0.29) is 17.4 Å². The second kappa shape index (κ2) is 8.53. The first-order chi connectivity index (χ1) is 12.4. The molecule has 0 spiro atoms. The second-order valence-corrected chi connectivity index (χ2v) is 9.14. The van der Waals surface area contributed by atoms with Crippen molar-refractivity contribution < 1.29 is 4.79 Å². The molecule has 26 heavy (non-hydrogen) atoms. The van der Waals surface area contributed by atoms with Crippen LogP contribution in [0.4, 0.5) is 0 Å². The van der Waals surface area contributed by atoms with Crippen molar-refractivity contribution in [3.8, 4) is 0 Å². The Hall–Kier alpha value is -1.39. The molecule has 0 radical (unpaired) electrons. The minimum Gasteiger partial charge on any atom is -0.352 e. The molecule has 1 saturated heterocycles. The maximum absolute atomic E-state index is 12.5. The highest BCUT2D eigenvalue weighted by Gasteiger charge is 2.29. The van der Waals surface area contributed by atoms with Crippen molar-refractivity contribution in [2.24, 2.45) is 11.3 Å². The zero-order valence-electron chi connectivity index (χ0n) is 16.7. The SMILES string of the molecule is CC(C)(C)C(CN1CCc2ccccc2C1)NC(=O)CCC1CCNC1. The number of amides is 1. The molecular formula is C22H35N3O. The summed E-state index contributed by atoms with van der Waals surface area (Å²) >= 11 is 0. The minimum atomic E-state index is 0.0571. The first-order valence-electron chi connectivity index (χ1n) is 10.2. The maximum Gasteiger partial charge on any atom is 0.220 e. The van der Waals surface area contributed by atoms with E-state index in [0.717, 1.165) is 45.6 Å². The molecule has 3 rings (SSSR count). The summed E-state index contributed by atoms with van der Waals surface area (Å²) in [4.78, 5) is 15.0. The zero-order chi connectivity index (χ0) is 18.6. The van der Waals surface area contributed by atoms with Crippen LogP contribution in [0.3, 0.4) is 0 Å². The molecule has 0 aromatic heterocycles. The normalized spacial score (nSPS) is 22.0. The van der Waals surface area contributed by atoms with E-state index < -0.39 is 0 Å². The van der Waals surface area contributed by atoms with Gasteiger partial charge in [-0.15, -0.1) is 0 Å². The number of nitrogens with zero attached hydrogens (tertiary/aromatic N) is 1. The Bertz CT molecular complexity index is 602. The van der Waals surface area contributed by atoms with Gasteiger partial charge in [-0.2, -0.15) is 0 Å². The lowest BCUT2D eigenvalue weighted by Crippen LogP contribution is -2.51. The molecule has 0 aliphatic carbocycles. The van der Waals surface area contributed by atoms with Crippen molar-refractivity contribution in [3.05, 3.63) is 35.4 Å². The standard InChI is InChI=1S/C22H35N3O/c1-22(2,3)20(24-21(26)9-8-17-10-12-23-14-17)16-25-13-11-18-6-4-5-7-19(18)15-25/h4-7,17,20,23H,8-16H2,1-3H3,(H,24,26). The Balaban J connectivity index is 1.54. The molecule has 4 heteroatoms. The van der Waals surface area contributed by atoms with E-state index in [2.05, 4.69) is 60.6 Å². The molecule has 2 heterocycles. The van der Waals surface area contributed by atoms with Crippen molar-refractivity contribution in [2.45, 2.75) is 59.0 Å². The van der Waals surface area contributed by atoms with Crippen LogP contribution in [0.5, 0.6) is 0 Å². The summed E-state index contributed by atoms with van der Waals surface area (Å²) < 4.78 is 0. The average molecular weight is 358 g/mol. The molecule has 1 amide bonds. The quantitative estimate of drug-likeness (QED) is 0.823. The molecule has 144 valence electrons. The Labute approximate surface area is 158 Å². The monoisotopic (exact) mass is 357 g/mol. The van der Waals surface area contributed by atoms with Crippen LogP contribution in [0, 0.1) is 11.3 Å². The predicted molar refractivity (Wildman–Crippen MR) is 107 cm³/mol. The van der Waals surface area contributed by atoms with E-state index >= 15 is 0 Å². The van der Waals surface area contributed by atoms with Gasteiger partial charge in [-0.05, 0) is 54.8 Å². The lowest BCUT2D eigenvalue weighted by Gasteiger charge is -2.38. The van der Waals surface area contributed by atoms with Crippen molar-refractivity contribution in [3.63, 3.8) is 0 Å². The maximum atomic E-state index is 12.5. The number of hydrogen-bond donors (Lipinski definition) is 2. The highest BCUT2D eigenvalue weighted by molar-refractivity contribution is 5.76. The van der Waals surface area contributed by atoms with Crippen LogP contribution in [0.1, 0.15) is 51.2 Å². The molecule has 4 nitrogen and oxygen atoms in total. The van der Waals surface area contributed by atoms with Gasteiger partial charge in [0, 0.05) is 32.1 Å². The molecule has 2 unspecified atom stereocenters. The van der Waals surface area contributed by atoms with Crippen LogP contribution in [-0.4, -0.2) is 43.0 Å². The zero-order valence-corrected chi connectivity index (χ0v) is 16.7. The molecule has 2 aliphatic rings. The fourth-order valence-electron chi connectivity index (χ4n) is 4.07. The van der Waals surface area contributed by atoms with Crippen LogP contribution in [0.2, 0.25) is 0 Å². The number of hydrogen-bond acceptors (Lipinski definition) is 3. The van der Waals surface area contributed by atoms with E-state index in [0.29, 0.717) is 12.3 Å². The van der Waals surface area contributed by atoms with Crippen LogP contribution >= 0.6 is 0 Å². The molecular weight excluding hydrogens is 322 g/mol. The van der Waals surface area contributed by atoms with Crippen molar-refractivity contribution in [1.29, 1.82) is 0 Å². The molecule has 2 N–H and O–H groups in total. The van der Waals surface area contributed by atoms with Crippen LogP contribution in [0.25, 0.3) is 0 Å². The number of nitrogens with one attached hydrogen (secondary N) is 2. The van der Waals surface area contributed by atoms with Crippen LogP contribution < -0.4 is 10.6 Å². The van der Waals surface area contributed by atoms with E-state index in [9.17, 15) is 4.79 Å². The smallest absolute Gasteiger partial charge is 0.220 e. The van der Waals surface area contributed by atoms with Crippen molar-refractivity contribution >= 4 is 5.91 Å². The van der Waals surface area contributed by atoms with Gasteiger partial charge in [0.05, 0.1) is 0 Å². The largest absolute Gasteiger partial charge is 0.352 e. The molecule has 2 aliphatic heterocycles. The first-order valence-corrected chi connectivity index (χ1v) is 10.2.